The van der Waals surface area contributed by atoms with Gasteiger partial charge in [-0.05, 0) is 19.3 Å². The van der Waals surface area contributed by atoms with Gasteiger partial charge in [-0.3, -0.25) is 0 Å². The highest BCUT2D eigenvalue weighted by Crippen LogP contribution is 2.34. The van der Waals surface area contributed by atoms with Gasteiger partial charge in [-0.2, -0.15) is 0 Å². The van der Waals surface area contributed by atoms with Crippen molar-refractivity contribution in [2.24, 2.45) is 0 Å². The van der Waals surface area contributed by atoms with E-state index in [2.05, 4.69) is 0 Å². The summed E-state index contributed by atoms with van der Waals surface area (Å²) < 4.78 is 16.1. The topological polar surface area (TPSA) is 47.9 Å². The molecule has 1 aliphatic carbocycles. The summed E-state index contributed by atoms with van der Waals surface area (Å²) in [7, 11) is 2.34. The van der Waals surface area contributed by atoms with Crippen molar-refractivity contribution in [2.45, 2.75) is 50.2 Å². The molecule has 0 bridgehead atoms. The minimum Gasteiger partial charge on any atom is -0.390 e. The van der Waals surface area contributed by atoms with Crippen LogP contribution in [0.5, 0.6) is 0 Å². The van der Waals surface area contributed by atoms with Crippen molar-refractivity contribution in [1.29, 1.82) is 0 Å². The lowest BCUT2D eigenvalue weighted by molar-refractivity contribution is -0.00480. The largest absolute Gasteiger partial charge is 0.500 e. The van der Waals surface area contributed by atoms with Crippen molar-refractivity contribution >= 4 is 8.80 Å². The first-order chi connectivity index (χ1) is 7.60. The highest BCUT2D eigenvalue weighted by atomic mass is 28.4. The third-order valence-corrected chi connectivity index (χ3v) is 6.34. The molecule has 0 aromatic carbocycles. The standard InChI is InChI=1S/C11H24O4Si/c1-13-16(14-2,15-3)10-9-11(12)7-5-4-6-8-11/h12H,4-10H2,1-3H3. The Morgan fingerprint density at radius 3 is 1.94 bits per heavy atom. The van der Waals surface area contributed by atoms with Gasteiger partial charge in [0.2, 0.25) is 0 Å². The number of aliphatic hydroxyl groups is 1. The van der Waals surface area contributed by atoms with E-state index >= 15 is 0 Å². The van der Waals surface area contributed by atoms with Gasteiger partial charge in [0.05, 0.1) is 5.60 Å². The first kappa shape index (κ1) is 14.1. The van der Waals surface area contributed by atoms with Gasteiger partial charge in [0.1, 0.15) is 0 Å². The second-order valence-electron chi connectivity index (χ2n) is 4.58. The van der Waals surface area contributed by atoms with E-state index in [-0.39, 0.29) is 0 Å². The van der Waals surface area contributed by atoms with Crippen LogP contribution in [0.4, 0.5) is 0 Å². The molecule has 0 aromatic rings. The molecule has 0 unspecified atom stereocenters. The number of rotatable bonds is 6. The average Bonchev–Trinajstić information content (AvgIpc) is 2.33. The van der Waals surface area contributed by atoms with Crippen molar-refractivity contribution in [3.63, 3.8) is 0 Å². The Morgan fingerprint density at radius 2 is 1.50 bits per heavy atom. The molecule has 16 heavy (non-hydrogen) atoms. The Morgan fingerprint density at radius 1 is 1.00 bits per heavy atom. The van der Waals surface area contributed by atoms with Gasteiger partial charge in [0.15, 0.2) is 0 Å². The molecule has 4 nitrogen and oxygen atoms in total. The number of hydrogen-bond donors (Lipinski definition) is 1. The fourth-order valence-electron chi connectivity index (χ4n) is 2.40. The van der Waals surface area contributed by atoms with Gasteiger partial charge in [-0.25, -0.2) is 0 Å². The van der Waals surface area contributed by atoms with Gasteiger partial charge in [-0.15, -0.1) is 0 Å². The molecule has 1 N–H and O–H groups in total. The van der Waals surface area contributed by atoms with Gasteiger partial charge in [0, 0.05) is 27.4 Å². The third-order valence-electron chi connectivity index (χ3n) is 3.61. The molecule has 1 rings (SSSR count). The predicted molar refractivity (Wildman–Crippen MR) is 64.2 cm³/mol. The zero-order valence-electron chi connectivity index (χ0n) is 10.6. The molecule has 0 aromatic heterocycles. The summed E-state index contributed by atoms with van der Waals surface area (Å²) in [5, 5.41) is 10.4. The average molecular weight is 248 g/mol. The first-order valence-corrected chi connectivity index (χ1v) is 7.91. The molecular formula is C11H24O4Si. The lowest BCUT2D eigenvalue weighted by atomic mass is 9.83. The van der Waals surface area contributed by atoms with Crippen LogP contribution in [0.1, 0.15) is 38.5 Å². The van der Waals surface area contributed by atoms with Crippen molar-refractivity contribution in [3.05, 3.63) is 0 Å². The summed E-state index contributed by atoms with van der Waals surface area (Å²) in [5.41, 5.74) is -0.522. The maximum absolute atomic E-state index is 10.4. The fraction of sp³-hybridized carbons (Fsp3) is 1.00. The molecule has 1 saturated carbocycles. The van der Waals surface area contributed by atoms with Crippen LogP contribution >= 0.6 is 0 Å². The zero-order valence-corrected chi connectivity index (χ0v) is 11.6. The van der Waals surface area contributed by atoms with E-state index in [0.717, 1.165) is 32.1 Å². The van der Waals surface area contributed by atoms with E-state index < -0.39 is 14.4 Å². The van der Waals surface area contributed by atoms with Crippen LogP contribution in [0.3, 0.4) is 0 Å². The van der Waals surface area contributed by atoms with Crippen molar-refractivity contribution in [3.8, 4) is 0 Å². The Bertz CT molecular complexity index is 192. The molecule has 5 heteroatoms. The van der Waals surface area contributed by atoms with Crippen LogP contribution in [-0.2, 0) is 13.3 Å². The minimum absolute atomic E-state index is 0.522. The summed E-state index contributed by atoms with van der Waals surface area (Å²) in [4.78, 5) is 0. The quantitative estimate of drug-likeness (QED) is 0.730. The van der Waals surface area contributed by atoms with E-state index in [1.54, 1.807) is 21.3 Å². The molecular weight excluding hydrogens is 224 g/mol. The van der Waals surface area contributed by atoms with E-state index in [0.29, 0.717) is 6.04 Å². The van der Waals surface area contributed by atoms with Gasteiger partial charge in [-0.1, -0.05) is 19.3 Å². The Hall–Kier alpha value is 0.0569. The molecule has 1 aliphatic rings. The van der Waals surface area contributed by atoms with Crippen LogP contribution in [0.25, 0.3) is 0 Å². The molecule has 0 amide bonds. The Labute approximate surface area is 99.3 Å². The fourth-order valence-corrected chi connectivity index (χ4v) is 4.29. The molecule has 0 spiro atoms. The van der Waals surface area contributed by atoms with E-state index in [1.807, 2.05) is 0 Å². The van der Waals surface area contributed by atoms with Crippen molar-refractivity contribution in [1.82, 2.24) is 0 Å². The van der Waals surface area contributed by atoms with Crippen LogP contribution in [0, 0.1) is 0 Å². The Kier molecular flexibility index (Phi) is 5.40. The van der Waals surface area contributed by atoms with Crippen LogP contribution in [0.15, 0.2) is 0 Å². The normalized spacial score (nSPS) is 21.0. The lowest BCUT2D eigenvalue weighted by Crippen LogP contribution is -2.45. The Balaban J connectivity index is 2.47. The molecule has 0 saturated heterocycles. The highest BCUT2D eigenvalue weighted by Gasteiger charge is 2.41. The summed E-state index contributed by atoms with van der Waals surface area (Å²) in [6, 6.07) is 0.688. The van der Waals surface area contributed by atoms with Gasteiger partial charge < -0.3 is 18.4 Å². The molecule has 0 radical (unpaired) electrons. The van der Waals surface area contributed by atoms with Gasteiger partial charge >= 0.3 is 8.80 Å². The maximum Gasteiger partial charge on any atom is 0.500 e. The monoisotopic (exact) mass is 248 g/mol. The maximum atomic E-state index is 10.4. The summed E-state index contributed by atoms with van der Waals surface area (Å²) in [6.07, 6.45) is 6.00. The smallest absolute Gasteiger partial charge is 0.390 e. The number of hydrogen-bond acceptors (Lipinski definition) is 4. The van der Waals surface area contributed by atoms with E-state index in [4.69, 9.17) is 13.3 Å². The van der Waals surface area contributed by atoms with Crippen LogP contribution in [-0.4, -0.2) is 40.8 Å². The SMILES string of the molecule is CO[Si](CCC1(O)CCCCC1)(OC)OC. The van der Waals surface area contributed by atoms with Crippen LogP contribution in [0.2, 0.25) is 6.04 Å². The van der Waals surface area contributed by atoms with Crippen LogP contribution < -0.4 is 0 Å². The molecule has 0 aliphatic heterocycles. The predicted octanol–water partition coefficient (Wildman–Crippen LogP) is 1.95. The highest BCUT2D eigenvalue weighted by molar-refractivity contribution is 6.60. The molecule has 1 fully saturated rings. The second kappa shape index (κ2) is 6.12. The lowest BCUT2D eigenvalue weighted by Gasteiger charge is -2.34. The zero-order chi connectivity index (χ0) is 12.1. The third kappa shape index (κ3) is 3.53. The van der Waals surface area contributed by atoms with Crippen molar-refractivity contribution in [2.75, 3.05) is 21.3 Å². The summed E-state index contributed by atoms with van der Waals surface area (Å²) in [6.45, 7) is 0. The van der Waals surface area contributed by atoms with Crippen molar-refractivity contribution < 1.29 is 18.4 Å². The molecule has 96 valence electrons. The van der Waals surface area contributed by atoms with E-state index in [9.17, 15) is 5.11 Å². The summed E-state index contributed by atoms with van der Waals surface area (Å²) >= 11 is 0. The molecule has 0 atom stereocenters. The van der Waals surface area contributed by atoms with E-state index in [1.165, 1.54) is 6.42 Å². The summed E-state index contributed by atoms with van der Waals surface area (Å²) in [5.74, 6) is 0. The first-order valence-electron chi connectivity index (χ1n) is 5.97. The minimum atomic E-state index is -2.51. The second-order valence-corrected chi connectivity index (χ2v) is 7.67. The molecule has 0 heterocycles. The van der Waals surface area contributed by atoms with Gasteiger partial charge in [0.25, 0.3) is 0 Å².